The fraction of sp³-hybridized carbons (Fsp3) is 0.133. The highest BCUT2D eigenvalue weighted by Crippen LogP contribution is 2.20. The summed E-state index contributed by atoms with van der Waals surface area (Å²) in [5.41, 5.74) is 2.72. The standard InChI is InChI=1S/C15H17N3O/c1-12(19)18-15-10-6-5-9-14(15)17-11-16-13-7-3-2-4-8-13/h2-10,16-17H,11H2,1H3,(H,18,19). The molecule has 19 heavy (non-hydrogen) atoms. The van der Waals surface area contributed by atoms with Crippen molar-refractivity contribution in [3.05, 3.63) is 54.6 Å². The lowest BCUT2D eigenvalue weighted by Crippen LogP contribution is -2.14. The summed E-state index contributed by atoms with van der Waals surface area (Å²) in [5, 5.41) is 9.28. The van der Waals surface area contributed by atoms with Crippen LogP contribution in [0.5, 0.6) is 0 Å². The second-order valence-corrected chi connectivity index (χ2v) is 4.12. The fourth-order valence-corrected chi connectivity index (χ4v) is 1.73. The van der Waals surface area contributed by atoms with Gasteiger partial charge in [0.25, 0.3) is 0 Å². The van der Waals surface area contributed by atoms with Crippen molar-refractivity contribution in [3.63, 3.8) is 0 Å². The van der Waals surface area contributed by atoms with Gasteiger partial charge in [0.05, 0.1) is 18.0 Å². The van der Waals surface area contributed by atoms with Crippen LogP contribution >= 0.6 is 0 Å². The summed E-state index contributed by atoms with van der Waals surface area (Å²) in [6.45, 7) is 2.08. The Morgan fingerprint density at radius 2 is 1.53 bits per heavy atom. The Morgan fingerprint density at radius 3 is 2.21 bits per heavy atom. The maximum Gasteiger partial charge on any atom is 0.221 e. The van der Waals surface area contributed by atoms with Crippen LogP contribution in [0.1, 0.15) is 6.92 Å². The van der Waals surface area contributed by atoms with Crippen molar-refractivity contribution in [1.82, 2.24) is 0 Å². The van der Waals surface area contributed by atoms with Crippen molar-refractivity contribution in [1.29, 1.82) is 0 Å². The first kappa shape index (κ1) is 13.0. The highest BCUT2D eigenvalue weighted by atomic mass is 16.1. The number of para-hydroxylation sites is 3. The number of benzene rings is 2. The second-order valence-electron chi connectivity index (χ2n) is 4.12. The molecule has 1 amide bonds. The molecule has 0 bridgehead atoms. The minimum Gasteiger partial charge on any atom is -0.368 e. The zero-order valence-corrected chi connectivity index (χ0v) is 10.8. The van der Waals surface area contributed by atoms with Crippen molar-refractivity contribution in [2.45, 2.75) is 6.92 Å². The Kier molecular flexibility index (Phi) is 4.39. The Hall–Kier alpha value is -2.49. The number of hydrogen-bond donors (Lipinski definition) is 3. The lowest BCUT2D eigenvalue weighted by Gasteiger charge is -2.13. The average molecular weight is 255 g/mol. The summed E-state index contributed by atoms with van der Waals surface area (Å²) in [6.07, 6.45) is 0. The third-order valence-corrected chi connectivity index (χ3v) is 2.58. The molecule has 4 heteroatoms. The molecule has 4 nitrogen and oxygen atoms in total. The van der Waals surface area contributed by atoms with Crippen LogP contribution < -0.4 is 16.0 Å². The number of carbonyl (C=O) groups is 1. The number of nitrogens with one attached hydrogen (secondary N) is 3. The van der Waals surface area contributed by atoms with E-state index in [1.807, 2.05) is 54.6 Å². The van der Waals surface area contributed by atoms with Crippen LogP contribution in [0.15, 0.2) is 54.6 Å². The van der Waals surface area contributed by atoms with Crippen molar-refractivity contribution in [2.24, 2.45) is 0 Å². The smallest absolute Gasteiger partial charge is 0.221 e. The molecule has 0 aliphatic rings. The van der Waals surface area contributed by atoms with Crippen molar-refractivity contribution < 1.29 is 4.79 Å². The molecule has 0 saturated heterocycles. The molecular weight excluding hydrogens is 238 g/mol. The number of anilines is 3. The monoisotopic (exact) mass is 255 g/mol. The molecule has 0 radical (unpaired) electrons. The van der Waals surface area contributed by atoms with Crippen molar-refractivity contribution >= 4 is 23.0 Å². The molecule has 0 fully saturated rings. The minimum atomic E-state index is -0.0785. The number of rotatable bonds is 5. The van der Waals surface area contributed by atoms with Gasteiger partial charge in [0.1, 0.15) is 0 Å². The molecule has 0 saturated carbocycles. The van der Waals surface area contributed by atoms with Crippen LogP contribution in [0.3, 0.4) is 0 Å². The molecule has 0 aliphatic heterocycles. The Labute approximate surface area is 112 Å². The van der Waals surface area contributed by atoms with E-state index in [4.69, 9.17) is 0 Å². The molecule has 2 rings (SSSR count). The molecule has 0 heterocycles. The summed E-state index contributed by atoms with van der Waals surface area (Å²) in [7, 11) is 0. The van der Waals surface area contributed by atoms with Gasteiger partial charge in [-0.05, 0) is 24.3 Å². The van der Waals surface area contributed by atoms with E-state index in [1.165, 1.54) is 6.92 Å². The molecule has 0 unspecified atom stereocenters. The first-order chi connectivity index (χ1) is 9.25. The van der Waals surface area contributed by atoms with E-state index in [0.717, 1.165) is 17.1 Å². The Morgan fingerprint density at radius 1 is 0.895 bits per heavy atom. The first-order valence-corrected chi connectivity index (χ1v) is 6.15. The van der Waals surface area contributed by atoms with Gasteiger partial charge in [-0.1, -0.05) is 30.3 Å². The van der Waals surface area contributed by atoms with E-state index < -0.39 is 0 Å². The van der Waals surface area contributed by atoms with E-state index >= 15 is 0 Å². The molecule has 0 atom stereocenters. The van der Waals surface area contributed by atoms with Gasteiger partial charge >= 0.3 is 0 Å². The van der Waals surface area contributed by atoms with E-state index in [-0.39, 0.29) is 5.91 Å². The molecule has 98 valence electrons. The summed E-state index contributed by atoms with van der Waals surface area (Å²) < 4.78 is 0. The van der Waals surface area contributed by atoms with Gasteiger partial charge < -0.3 is 16.0 Å². The molecule has 0 spiro atoms. The third kappa shape index (κ3) is 4.03. The van der Waals surface area contributed by atoms with Crippen LogP contribution in [0.25, 0.3) is 0 Å². The van der Waals surface area contributed by atoms with E-state index in [2.05, 4.69) is 16.0 Å². The number of hydrogen-bond acceptors (Lipinski definition) is 3. The quantitative estimate of drug-likeness (QED) is 0.719. The number of carbonyl (C=O) groups excluding carboxylic acids is 1. The molecule has 0 aromatic heterocycles. The maximum absolute atomic E-state index is 11.1. The van der Waals surface area contributed by atoms with Gasteiger partial charge in [0, 0.05) is 12.6 Å². The maximum atomic E-state index is 11.1. The lowest BCUT2D eigenvalue weighted by atomic mass is 10.2. The zero-order valence-electron chi connectivity index (χ0n) is 10.8. The van der Waals surface area contributed by atoms with Gasteiger partial charge in [-0.2, -0.15) is 0 Å². The van der Waals surface area contributed by atoms with E-state index in [1.54, 1.807) is 0 Å². The van der Waals surface area contributed by atoms with Gasteiger partial charge in [-0.3, -0.25) is 4.79 Å². The summed E-state index contributed by atoms with van der Waals surface area (Å²) >= 11 is 0. The topological polar surface area (TPSA) is 53.2 Å². The second kappa shape index (κ2) is 6.44. The SMILES string of the molecule is CC(=O)Nc1ccccc1NCNc1ccccc1. The summed E-state index contributed by atoms with van der Waals surface area (Å²) in [4.78, 5) is 11.1. The van der Waals surface area contributed by atoms with Crippen LogP contribution in [0.4, 0.5) is 17.1 Å². The van der Waals surface area contributed by atoms with E-state index in [0.29, 0.717) is 6.67 Å². The zero-order chi connectivity index (χ0) is 13.5. The highest BCUT2D eigenvalue weighted by molar-refractivity contribution is 5.92. The predicted octanol–water partition coefficient (Wildman–Crippen LogP) is 3.13. The molecule has 2 aromatic rings. The number of amides is 1. The van der Waals surface area contributed by atoms with Crippen molar-refractivity contribution in [3.8, 4) is 0 Å². The summed E-state index contributed by atoms with van der Waals surface area (Å²) in [6, 6.07) is 17.6. The Bertz CT molecular complexity index is 540. The summed E-state index contributed by atoms with van der Waals surface area (Å²) in [5.74, 6) is -0.0785. The fourth-order valence-electron chi connectivity index (χ4n) is 1.73. The van der Waals surface area contributed by atoms with E-state index in [9.17, 15) is 4.79 Å². The largest absolute Gasteiger partial charge is 0.368 e. The van der Waals surface area contributed by atoms with Crippen LogP contribution in [-0.2, 0) is 4.79 Å². The molecule has 3 N–H and O–H groups in total. The highest BCUT2D eigenvalue weighted by Gasteiger charge is 2.01. The van der Waals surface area contributed by atoms with Gasteiger partial charge in [0.15, 0.2) is 0 Å². The Balaban J connectivity index is 1.94. The molecular formula is C15H17N3O. The third-order valence-electron chi connectivity index (χ3n) is 2.58. The van der Waals surface area contributed by atoms with Gasteiger partial charge in [-0.15, -0.1) is 0 Å². The van der Waals surface area contributed by atoms with Gasteiger partial charge in [-0.25, -0.2) is 0 Å². The first-order valence-electron chi connectivity index (χ1n) is 6.15. The van der Waals surface area contributed by atoms with Crippen LogP contribution in [0.2, 0.25) is 0 Å². The lowest BCUT2D eigenvalue weighted by molar-refractivity contribution is -0.114. The average Bonchev–Trinajstić information content (AvgIpc) is 2.41. The molecule has 2 aromatic carbocycles. The van der Waals surface area contributed by atoms with Crippen LogP contribution in [-0.4, -0.2) is 12.6 Å². The van der Waals surface area contributed by atoms with Gasteiger partial charge in [0.2, 0.25) is 5.91 Å². The van der Waals surface area contributed by atoms with Crippen LogP contribution in [0, 0.1) is 0 Å². The predicted molar refractivity (Wildman–Crippen MR) is 79.3 cm³/mol. The normalized spacial score (nSPS) is 9.74. The molecule has 0 aliphatic carbocycles. The minimum absolute atomic E-state index is 0.0785. The van der Waals surface area contributed by atoms with Crippen molar-refractivity contribution in [2.75, 3.05) is 22.6 Å².